The average molecular weight is 390 g/mol. The Labute approximate surface area is 163 Å². The highest BCUT2D eigenvalue weighted by Gasteiger charge is 2.46. The number of carbonyl (C=O) groups is 1. The lowest BCUT2D eigenvalue weighted by Gasteiger charge is -2.33. The number of piperidine rings is 1. The van der Waals surface area contributed by atoms with Crippen molar-refractivity contribution in [1.29, 1.82) is 0 Å². The summed E-state index contributed by atoms with van der Waals surface area (Å²) in [5.74, 6) is 1.72. The predicted octanol–water partition coefficient (Wildman–Crippen LogP) is 2.54. The van der Waals surface area contributed by atoms with Crippen LogP contribution in [0.2, 0.25) is 5.02 Å². The largest absolute Gasteiger partial charge is 0.388 e. The van der Waals surface area contributed by atoms with Crippen molar-refractivity contribution >= 4 is 17.6 Å². The van der Waals surface area contributed by atoms with Crippen LogP contribution in [0.5, 0.6) is 0 Å². The molecule has 0 spiro atoms. The Balaban J connectivity index is 1.36. The molecule has 2 aromatic rings. The SMILES string of the molecule is Cn1c(CO)nnc1C1CCN(C(=O)NC2(c3ccc(Cl)cc3)CC2)CC1. The third-order valence-corrected chi connectivity index (χ3v) is 6.03. The molecule has 1 aromatic carbocycles. The Morgan fingerprint density at radius 3 is 2.48 bits per heavy atom. The second kappa shape index (κ2) is 7.13. The van der Waals surface area contributed by atoms with E-state index < -0.39 is 0 Å². The summed E-state index contributed by atoms with van der Waals surface area (Å²) in [5, 5.41) is 21.5. The van der Waals surface area contributed by atoms with Gasteiger partial charge in [0.05, 0.1) is 5.54 Å². The smallest absolute Gasteiger partial charge is 0.318 e. The standard InChI is InChI=1S/C19H24ClN5O2/c1-24-16(12-26)22-23-17(24)13-6-10-25(11-7-13)18(27)21-19(8-9-19)14-2-4-15(20)5-3-14/h2-5,13,26H,6-12H2,1H3,(H,21,27). The van der Waals surface area contributed by atoms with Crippen molar-refractivity contribution in [3.05, 3.63) is 46.5 Å². The number of nitrogens with zero attached hydrogens (tertiary/aromatic N) is 4. The quantitative estimate of drug-likeness (QED) is 0.841. The van der Waals surface area contributed by atoms with E-state index in [1.807, 2.05) is 40.8 Å². The van der Waals surface area contributed by atoms with Gasteiger partial charge >= 0.3 is 6.03 Å². The second-order valence-electron chi connectivity index (χ2n) is 7.47. The second-order valence-corrected chi connectivity index (χ2v) is 7.91. The van der Waals surface area contributed by atoms with Crippen molar-refractivity contribution in [3.63, 3.8) is 0 Å². The van der Waals surface area contributed by atoms with Gasteiger partial charge in [0.2, 0.25) is 0 Å². The zero-order valence-electron chi connectivity index (χ0n) is 15.4. The number of carbonyl (C=O) groups excluding carboxylic acids is 1. The molecule has 0 radical (unpaired) electrons. The van der Waals surface area contributed by atoms with Crippen LogP contribution in [0.15, 0.2) is 24.3 Å². The van der Waals surface area contributed by atoms with E-state index in [9.17, 15) is 9.90 Å². The summed E-state index contributed by atoms with van der Waals surface area (Å²) >= 11 is 5.97. The minimum atomic E-state index is -0.238. The maximum atomic E-state index is 12.8. The molecule has 1 aliphatic carbocycles. The number of urea groups is 1. The molecule has 2 N–H and O–H groups in total. The third-order valence-electron chi connectivity index (χ3n) is 5.78. The Bertz CT molecular complexity index is 823. The van der Waals surface area contributed by atoms with E-state index in [1.54, 1.807) is 0 Å². The zero-order chi connectivity index (χ0) is 19.0. The van der Waals surface area contributed by atoms with Gasteiger partial charge in [0.15, 0.2) is 5.82 Å². The Kier molecular flexibility index (Phi) is 4.82. The Morgan fingerprint density at radius 2 is 1.93 bits per heavy atom. The molecular weight excluding hydrogens is 366 g/mol. The number of nitrogens with one attached hydrogen (secondary N) is 1. The van der Waals surface area contributed by atoms with Crippen molar-refractivity contribution in [2.24, 2.45) is 7.05 Å². The van der Waals surface area contributed by atoms with E-state index in [4.69, 9.17) is 11.6 Å². The number of halogens is 1. The van der Waals surface area contributed by atoms with Gasteiger partial charge in [-0.15, -0.1) is 10.2 Å². The van der Waals surface area contributed by atoms with Gasteiger partial charge in [0.1, 0.15) is 12.4 Å². The summed E-state index contributed by atoms with van der Waals surface area (Å²) in [5.41, 5.74) is 0.878. The molecule has 2 amide bonds. The molecule has 0 unspecified atom stereocenters. The summed E-state index contributed by atoms with van der Waals surface area (Å²) in [6, 6.07) is 7.73. The molecule has 0 bridgehead atoms. The van der Waals surface area contributed by atoms with Crippen molar-refractivity contribution in [2.75, 3.05) is 13.1 Å². The number of likely N-dealkylation sites (tertiary alicyclic amines) is 1. The molecular formula is C19H24ClN5O2. The molecule has 2 fully saturated rings. The number of hydrogen-bond donors (Lipinski definition) is 2. The van der Waals surface area contributed by atoms with Crippen molar-refractivity contribution < 1.29 is 9.90 Å². The van der Waals surface area contributed by atoms with E-state index in [0.717, 1.165) is 37.1 Å². The zero-order valence-corrected chi connectivity index (χ0v) is 16.1. The normalized spacial score (nSPS) is 19.1. The van der Waals surface area contributed by atoms with Crippen LogP contribution in [0, 0.1) is 0 Å². The van der Waals surface area contributed by atoms with Crippen LogP contribution < -0.4 is 5.32 Å². The summed E-state index contributed by atoms with van der Waals surface area (Å²) in [6.07, 6.45) is 3.61. The number of benzene rings is 1. The van der Waals surface area contributed by atoms with Crippen molar-refractivity contribution in [2.45, 2.75) is 43.7 Å². The summed E-state index contributed by atoms with van der Waals surface area (Å²) < 4.78 is 1.86. The van der Waals surface area contributed by atoms with Crippen LogP contribution in [0.25, 0.3) is 0 Å². The van der Waals surface area contributed by atoms with E-state index in [0.29, 0.717) is 23.9 Å². The van der Waals surface area contributed by atoms with Crippen molar-refractivity contribution in [1.82, 2.24) is 25.0 Å². The number of aliphatic hydroxyl groups excluding tert-OH is 1. The number of aromatic nitrogens is 3. The van der Waals surface area contributed by atoms with E-state index >= 15 is 0 Å². The maximum Gasteiger partial charge on any atom is 0.318 e. The van der Waals surface area contributed by atoms with E-state index in [-0.39, 0.29) is 24.1 Å². The van der Waals surface area contributed by atoms with Crippen molar-refractivity contribution in [3.8, 4) is 0 Å². The molecule has 0 atom stereocenters. The number of hydrogen-bond acceptors (Lipinski definition) is 4. The number of aliphatic hydroxyl groups is 1. The summed E-state index contributed by atoms with van der Waals surface area (Å²) in [4.78, 5) is 14.7. The first kappa shape index (κ1) is 18.3. The molecule has 2 aliphatic rings. The monoisotopic (exact) mass is 389 g/mol. The molecule has 27 heavy (non-hydrogen) atoms. The van der Waals surface area contributed by atoms with Gasteiger partial charge in [0.25, 0.3) is 0 Å². The van der Waals surface area contributed by atoms with Gasteiger partial charge < -0.3 is 19.9 Å². The lowest BCUT2D eigenvalue weighted by Crippen LogP contribution is -2.47. The first-order valence-electron chi connectivity index (χ1n) is 9.34. The lowest BCUT2D eigenvalue weighted by atomic mass is 9.96. The van der Waals surface area contributed by atoms with Crippen LogP contribution in [0.3, 0.4) is 0 Å². The van der Waals surface area contributed by atoms with Gasteiger partial charge in [-0.25, -0.2) is 4.79 Å². The molecule has 4 rings (SSSR count). The lowest BCUT2D eigenvalue weighted by molar-refractivity contribution is 0.175. The minimum absolute atomic E-state index is 0.00471. The summed E-state index contributed by atoms with van der Waals surface area (Å²) in [7, 11) is 1.88. The molecule has 1 saturated heterocycles. The van der Waals surface area contributed by atoms with Gasteiger partial charge in [-0.3, -0.25) is 0 Å². The van der Waals surface area contributed by atoms with Gasteiger partial charge in [-0.2, -0.15) is 0 Å². The molecule has 144 valence electrons. The first-order valence-corrected chi connectivity index (χ1v) is 9.72. The highest BCUT2D eigenvalue weighted by atomic mass is 35.5. The predicted molar refractivity (Wildman–Crippen MR) is 101 cm³/mol. The fraction of sp³-hybridized carbons (Fsp3) is 0.526. The van der Waals surface area contributed by atoms with E-state index in [1.165, 1.54) is 0 Å². The fourth-order valence-corrected chi connectivity index (χ4v) is 4.00. The van der Waals surface area contributed by atoms with Crippen LogP contribution in [-0.2, 0) is 19.2 Å². The molecule has 2 heterocycles. The number of rotatable bonds is 4. The Hall–Kier alpha value is -2.12. The average Bonchev–Trinajstić information content (AvgIpc) is 3.36. The topological polar surface area (TPSA) is 83.3 Å². The maximum absolute atomic E-state index is 12.8. The number of amides is 2. The molecule has 1 saturated carbocycles. The van der Waals surface area contributed by atoms with Gasteiger partial charge in [0, 0.05) is 31.1 Å². The Morgan fingerprint density at radius 1 is 1.26 bits per heavy atom. The van der Waals surface area contributed by atoms with Crippen LogP contribution >= 0.6 is 11.6 Å². The molecule has 1 aliphatic heterocycles. The van der Waals surface area contributed by atoms with Gasteiger partial charge in [-0.05, 0) is 43.4 Å². The van der Waals surface area contributed by atoms with E-state index in [2.05, 4.69) is 15.5 Å². The highest BCUT2D eigenvalue weighted by molar-refractivity contribution is 6.30. The van der Waals surface area contributed by atoms with Crippen LogP contribution in [-0.4, -0.2) is 43.9 Å². The first-order chi connectivity index (χ1) is 13.0. The summed E-state index contributed by atoms with van der Waals surface area (Å²) in [6.45, 7) is 1.26. The fourth-order valence-electron chi connectivity index (χ4n) is 3.87. The van der Waals surface area contributed by atoms with Gasteiger partial charge in [-0.1, -0.05) is 23.7 Å². The highest BCUT2D eigenvalue weighted by Crippen LogP contribution is 2.46. The molecule has 7 nitrogen and oxygen atoms in total. The van der Waals surface area contributed by atoms with Crippen LogP contribution in [0.4, 0.5) is 4.79 Å². The van der Waals surface area contributed by atoms with Crippen LogP contribution in [0.1, 0.15) is 48.8 Å². The minimum Gasteiger partial charge on any atom is -0.388 e. The third kappa shape index (κ3) is 3.53. The molecule has 8 heteroatoms. The molecule has 1 aromatic heterocycles.